The van der Waals surface area contributed by atoms with Crippen molar-refractivity contribution < 1.29 is 23.0 Å². The molecule has 0 spiro atoms. The Morgan fingerprint density at radius 2 is 2.33 bits per heavy atom. The molecule has 1 heterocycles. The van der Waals surface area contributed by atoms with E-state index >= 15 is 0 Å². The molecule has 7 heteroatoms. The Kier molecular flexibility index (Phi) is 4.46. The molecule has 0 saturated heterocycles. The number of thiophene rings is 1. The molecule has 84 valence electrons. The van der Waals surface area contributed by atoms with Crippen LogP contribution in [0.4, 0.5) is 8.78 Å². The zero-order valence-electron chi connectivity index (χ0n) is 7.63. The zero-order valence-corrected chi connectivity index (χ0v) is 10.0. The van der Waals surface area contributed by atoms with Gasteiger partial charge in [0.2, 0.25) is 0 Å². The quantitative estimate of drug-likeness (QED) is 0.802. The highest BCUT2D eigenvalue weighted by Gasteiger charge is 2.20. The first kappa shape index (κ1) is 12.4. The first-order chi connectivity index (χ1) is 7.06. The summed E-state index contributed by atoms with van der Waals surface area (Å²) in [6.45, 7) is -0.751. The lowest BCUT2D eigenvalue weighted by molar-refractivity contribution is 0.0585. The molecule has 0 saturated carbocycles. The van der Waals surface area contributed by atoms with E-state index in [0.29, 0.717) is 4.47 Å². The van der Waals surface area contributed by atoms with Gasteiger partial charge in [-0.25, -0.2) is 13.6 Å². The highest BCUT2D eigenvalue weighted by molar-refractivity contribution is 9.10. The summed E-state index contributed by atoms with van der Waals surface area (Å²) in [6, 6.07) is 0. The Labute approximate surface area is 97.1 Å². The van der Waals surface area contributed by atoms with Gasteiger partial charge >= 0.3 is 5.97 Å². The fourth-order valence-corrected chi connectivity index (χ4v) is 2.35. The molecule has 1 aromatic rings. The van der Waals surface area contributed by atoms with Crippen LogP contribution in [0.3, 0.4) is 0 Å². The number of alkyl halides is 2. The third-order valence-corrected chi connectivity index (χ3v) is 3.26. The van der Waals surface area contributed by atoms with E-state index in [2.05, 4.69) is 20.7 Å². The molecule has 0 radical (unpaired) electrons. The van der Waals surface area contributed by atoms with Gasteiger partial charge in [-0.2, -0.15) is 0 Å². The van der Waals surface area contributed by atoms with E-state index < -0.39 is 19.0 Å². The first-order valence-corrected chi connectivity index (χ1v) is 5.49. The molecular formula is C8H7BrF2O3S. The van der Waals surface area contributed by atoms with Gasteiger partial charge in [0.1, 0.15) is 6.61 Å². The summed E-state index contributed by atoms with van der Waals surface area (Å²) in [6.07, 6.45) is -2.58. The molecule has 0 aliphatic carbocycles. The summed E-state index contributed by atoms with van der Waals surface area (Å²) in [5.74, 6) is -0.498. The number of esters is 1. The second kappa shape index (κ2) is 5.41. The number of ether oxygens (including phenoxy) is 2. The summed E-state index contributed by atoms with van der Waals surface area (Å²) < 4.78 is 33.6. The molecule has 0 N–H and O–H groups in total. The van der Waals surface area contributed by atoms with E-state index in [4.69, 9.17) is 4.74 Å². The maximum Gasteiger partial charge on any atom is 0.351 e. The van der Waals surface area contributed by atoms with Gasteiger partial charge < -0.3 is 9.47 Å². The lowest BCUT2D eigenvalue weighted by Crippen LogP contribution is -2.09. The predicted molar refractivity (Wildman–Crippen MR) is 54.9 cm³/mol. The topological polar surface area (TPSA) is 35.5 Å². The average Bonchev–Trinajstić information content (AvgIpc) is 2.55. The van der Waals surface area contributed by atoms with Crippen molar-refractivity contribution in [1.29, 1.82) is 0 Å². The molecule has 3 nitrogen and oxygen atoms in total. The number of hydrogen-bond acceptors (Lipinski definition) is 4. The minimum Gasteiger partial charge on any atom is -0.485 e. The van der Waals surface area contributed by atoms with Crippen molar-refractivity contribution >= 4 is 33.2 Å². The average molecular weight is 301 g/mol. The van der Waals surface area contributed by atoms with Gasteiger partial charge in [0.15, 0.2) is 10.6 Å². The molecule has 1 rings (SSSR count). The van der Waals surface area contributed by atoms with E-state index in [1.54, 1.807) is 5.38 Å². The summed E-state index contributed by atoms with van der Waals surface area (Å²) >= 11 is 4.17. The smallest absolute Gasteiger partial charge is 0.351 e. The fourth-order valence-electron chi connectivity index (χ4n) is 0.840. The van der Waals surface area contributed by atoms with E-state index in [-0.39, 0.29) is 10.6 Å². The predicted octanol–water partition coefficient (Wildman–Crippen LogP) is 2.94. The van der Waals surface area contributed by atoms with E-state index in [9.17, 15) is 13.6 Å². The van der Waals surface area contributed by atoms with Crippen LogP contribution in [-0.4, -0.2) is 26.1 Å². The lowest BCUT2D eigenvalue weighted by atomic mass is 10.4. The minimum absolute atomic E-state index is 0.104. The van der Waals surface area contributed by atoms with Crippen LogP contribution < -0.4 is 4.74 Å². The Morgan fingerprint density at radius 1 is 1.67 bits per heavy atom. The molecule has 1 aromatic heterocycles. The highest BCUT2D eigenvalue weighted by Crippen LogP contribution is 2.35. The summed E-state index contributed by atoms with van der Waals surface area (Å²) in [7, 11) is 1.22. The monoisotopic (exact) mass is 300 g/mol. The Hall–Kier alpha value is -0.690. The standard InChI is InChI=1S/C8H7BrF2O3S/c1-13-8(12)7-6(4(9)3-15-7)14-2-5(10)11/h3,5H,2H2,1H3. The third kappa shape index (κ3) is 3.13. The van der Waals surface area contributed by atoms with Gasteiger partial charge in [0.25, 0.3) is 6.43 Å². The van der Waals surface area contributed by atoms with E-state index in [0.717, 1.165) is 11.3 Å². The second-order valence-corrected chi connectivity index (χ2v) is 4.17. The molecule has 0 aromatic carbocycles. The van der Waals surface area contributed by atoms with Crippen LogP contribution in [0.5, 0.6) is 5.75 Å². The van der Waals surface area contributed by atoms with Crippen molar-refractivity contribution in [2.75, 3.05) is 13.7 Å². The summed E-state index contributed by atoms with van der Waals surface area (Å²) in [5.41, 5.74) is 0. The highest BCUT2D eigenvalue weighted by atomic mass is 79.9. The van der Waals surface area contributed by atoms with Gasteiger partial charge in [-0.3, -0.25) is 0 Å². The molecule has 0 bridgehead atoms. The van der Waals surface area contributed by atoms with Gasteiger partial charge in [0.05, 0.1) is 11.6 Å². The molecular weight excluding hydrogens is 294 g/mol. The Morgan fingerprint density at radius 3 is 2.87 bits per heavy atom. The van der Waals surface area contributed by atoms with Crippen LogP contribution in [-0.2, 0) is 4.74 Å². The number of carbonyl (C=O) groups excluding carboxylic acids is 1. The second-order valence-electron chi connectivity index (χ2n) is 2.44. The molecule has 0 aliphatic rings. The third-order valence-electron chi connectivity index (χ3n) is 1.43. The normalized spacial score (nSPS) is 10.5. The SMILES string of the molecule is COC(=O)c1scc(Br)c1OCC(F)F. The molecule has 0 unspecified atom stereocenters. The number of rotatable bonds is 4. The minimum atomic E-state index is -2.58. The summed E-state index contributed by atoms with van der Waals surface area (Å²) in [4.78, 5) is 11.4. The molecule has 0 fully saturated rings. The van der Waals surface area contributed by atoms with Crippen LogP contribution in [0.25, 0.3) is 0 Å². The van der Waals surface area contributed by atoms with Gasteiger partial charge in [-0.1, -0.05) is 0 Å². The van der Waals surface area contributed by atoms with E-state index in [1.165, 1.54) is 7.11 Å². The van der Waals surface area contributed by atoms with Crippen molar-refractivity contribution in [2.24, 2.45) is 0 Å². The molecule has 0 atom stereocenters. The molecule has 0 aliphatic heterocycles. The van der Waals surface area contributed by atoms with Crippen molar-refractivity contribution in [3.63, 3.8) is 0 Å². The van der Waals surface area contributed by atoms with Crippen LogP contribution in [0.2, 0.25) is 0 Å². The number of carbonyl (C=O) groups is 1. The van der Waals surface area contributed by atoms with Gasteiger partial charge in [0, 0.05) is 5.38 Å². The Balaban J connectivity index is 2.84. The van der Waals surface area contributed by atoms with Crippen LogP contribution in [0, 0.1) is 0 Å². The van der Waals surface area contributed by atoms with Crippen LogP contribution >= 0.6 is 27.3 Å². The van der Waals surface area contributed by atoms with Crippen molar-refractivity contribution in [1.82, 2.24) is 0 Å². The van der Waals surface area contributed by atoms with Crippen molar-refractivity contribution in [3.8, 4) is 5.75 Å². The van der Waals surface area contributed by atoms with Gasteiger partial charge in [-0.05, 0) is 15.9 Å². The van der Waals surface area contributed by atoms with Crippen molar-refractivity contribution in [3.05, 3.63) is 14.7 Å². The maximum atomic E-state index is 11.9. The molecule has 15 heavy (non-hydrogen) atoms. The van der Waals surface area contributed by atoms with Gasteiger partial charge in [-0.15, -0.1) is 11.3 Å². The zero-order chi connectivity index (χ0) is 11.4. The number of methoxy groups -OCH3 is 1. The number of hydrogen-bond donors (Lipinski definition) is 0. The first-order valence-electron chi connectivity index (χ1n) is 3.82. The maximum absolute atomic E-state index is 11.9. The fraction of sp³-hybridized carbons (Fsp3) is 0.375. The van der Waals surface area contributed by atoms with Crippen molar-refractivity contribution in [2.45, 2.75) is 6.43 Å². The van der Waals surface area contributed by atoms with Crippen LogP contribution in [0.15, 0.2) is 9.85 Å². The number of halogens is 3. The van der Waals surface area contributed by atoms with E-state index in [1.807, 2.05) is 0 Å². The lowest BCUT2D eigenvalue weighted by Gasteiger charge is -2.06. The largest absolute Gasteiger partial charge is 0.485 e. The molecule has 0 amide bonds. The Bertz CT molecular complexity index is 354. The summed E-state index contributed by atoms with van der Waals surface area (Å²) in [5, 5.41) is 1.58. The van der Waals surface area contributed by atoms with Crippen LogP contribution in [0.1, 0.15) is 9.67 Å².